The zero-order valence-electron chi connectivity index (χ0n) is 8.96. The Balaban J connectivity index is 2.19. The molecule has 0 aliphatic heterocycles. The van der Waals surface area contributed by atoms with Crippen molar-refractivity contribution in [3.8, 4) is 11.4 Å². The van der Waals surface area contributed by atoms with Gasteiger partial charge in [0, 0.05) is 18.6 Å². The highest BCUT2D eigenvalue weighted by Crippen LogP contribution is 2.16. The van der Waals surface area contributed by atoms with E-state index >= 15 is 0 Å². The molecule has 16 heavy (non-hydrogen) atoms. The molecule has 3 aromatic rings. The van der Waals surface area contributed by atoms with Gasteiger partial charge in [0.05, 0.1) is 5.69 Å². The zero-order chi connectivity index (χ0) is 11.0. The number of hydrogen-bond acceptors (Lipinski definition) is 2. The topological polar surface area (TPSA) is 30.2 Å². The van der Waals surface area contributed by atoms with Gasteiger partial charge in [0.1, 0.15) is 11.3 Å². The molecule has 0 saturated heterocycles. The summed E-state index contributed by atoms with van der Waals surface area (Å²) in [5, 5.41) is 0. The smallest absolute Gasteiger partial charge is 0.137 e. The molecule has 3 nitrogen and oxygen atoms in total. The minimum atomic E-state index is 0.906. The normalized spacial score (nSPS) is 10.8. The molecular weight excluding hydrogens is 198 g/mol. The number of nitrogens with zero attached hydrogens (tertiary/aromatic N) is 3. The van der Waals surface area contributed by atoms with E-state index < -0.39 is 0 Å². The summed E-state index contributed by atoms with van der Waals surface area (Å²) in [4.78, 5) is 8.84. The first-order valence-corrected chi connectivity index (χ1v) is 5.20. The van der Waals surface area contributed by atoms with Gasteiger partial charge in [0.2, 0.25) is 0 Å². The quantitative estimate of drug-likeness (QED) is 0.616. The first-order chi connectivity index (χ1) is 7.83. The summed E-state index contributed by atoms with van der Waals surface area (Å²) in [6, 6.07) is 9.97. The Morgan fingerprint density at radius 2 is 2.06 bits per heavy atom. The summed E-state index contributed by atoms with van der Waals surface area (Å²) in [6.45, 7) is 2.06. The van der Waals surface area contributed by atoms with Gasteiger partial charge < -0.3 is 4.40 Å². The Bertz CT molecular complexity index is 626. The average Bonchev–Trinajstić information content (AvgIpc) is 2.73. The Morgan fingerprint density at radius 1 is 1.12 bits per heavy atom. The first kappa shape index (κ1) is 9.09. The standard InChI is InChI=1S/C13H11N3/c1-10-5-7-16-9-12(15-13(16)8-10)11-4-2-3-6-14-11/h2-9H,1H3. The van der Waals surface area contributed by atoms with Crippen LogP contribution in [-0.4, -0.2) is 14.4 Å². The fourth-order valence-corrected chi connectivity index (χ4v) is 1.72. The molecule has 0 bridgehead atoms. The lowest BCUT2D eigenvalue weighted by atomic mass is 10.3. The Morgan fingerprint density at radius 3 is 2.88 bits per heavy atom. The molecular formula is C13H11N3. The van der Waals surface area contributed by atoms with Crippen LogP contribution in [0.5, 0.6) is 0 Å². The Labute approximate surface area is 93.4 Å². The third kappa shape index (κ3) is 1.46. The van der Waals surface area contributed by atoms with Gasteiger partial charge in [0.25, 0.3) is 0 Å². The van der Waals surface area contributed by atoms with Gasteiger partial charge in [-0.1, -0.05) is 6.07 Å². The molecule has 0 atom stereocenters. The van der Waals surface area contributed by atoms with Gasteiger partial charge in [-0.15, -0.1) is 0 Å². The summed E-state index contributed by atoms with van der Waals surface area (Å²) >= 11 is 0. The van der Waals surface area contributed by atoms with Crippen molar-refractivity contribution >= 4 is 5.65 Å². The van der Waals surface area contributed by atoms with Crippen LogP contribution in [0.25, 0.3) is 17.0 Å². The molecule has 3 heterocycles. The van der Waals surface area contributed by atoms with Crippen LogP contribution in [0.1, 0.15) is 5.56 Å². The van der Waals surface area contributed by atoms with E-state index in [4.69, 9.17) is 0 Å². The molecule has 0 radical (unpaired) electrons. The number of imidazole rings is 1. The van der Waals surface area contributed by atoms with Gasteiger partial charge >= 0.3 is 0 Å². The SMILES string of the molecule is Cc1ccn2cc(-c3ccccn3)nc2c1. The second-order valence-electron chi connectivity index (χ2n) is 3.81. The highest BCUT2D eigenvalue weighted by atomic mass is 15.0. The summed E-state index contributed by atoms with van der Waals surface area (Å²) in [7, 11) is 0. The van der Waals surface area contributed by atoms with Crippen molar-refractivity contribution in [1.29, 1.82) is 0 Å². The van der Waals surface area contributed by atoms with Gasteiger partial charge in [-0.3, -0.25) is 4.98 Å². The van der Waals surface area contributed by atoms with Crippen LogP contribution in [0.2, 0.25) is 0 Å². The molecule has 78 valence electrons. The van der Waals surface area contributed by atoms with Crippen LogP contribution in [0.3, 0.4) is 0 Å². The Kier molecular flexibility index (Phi) is 1.96. The van der Waals surface area contributed by atoms with E-state index in [1.165, 1.54) is 5.56 Å². The lowest BCUT2D eigenvalue weighted by Crippen LogP contribution is -1.81. The van der Waals surface area contributed by atoms with Gasteiger partial charge in [-0.2, -0.15) is 0 Å². The molecule has 0 spiro atoms. The molecule has 0 aliphatic rings. The van der Waals surface area contributed by atoms with Gasteiger partial charge in [-0.25, -0.2) is 4.98 Å². The molecule has 3 rings (SSSR count). The monoisotopic (exact) mass is 209 g/mol. The summed E-state index contributed by atoms with van der Waals surface area (Å²) in [5.41, 5.74) is 3.99. The van der Waals surface area contributed by atoms with E-state index in [0.29, 0.717) is 0 Å². The van der Waals surface area contributed by atoms with E-state index in [0.717, 1.165) is 17.0 Å². The lowest BCUT2D eigenvalue weighted by molar-refractivity contribution is 1.17. The zero-order valence-corrected chi connectivity index (χ0v) is 8.96. The fourth-order valence-electron chi connectivity index (χ4n) is 1.72. The third-order valence-corrected chi connectivity index (χ3v) is 2.54. The minimum Gasteiger partial charge on any atom is -0.306 e. The number of aromatic nitrogens is 3. The van der Waals surface area contributed by atoms with Crippen molar-refractivity contribution in [3.63, 3.8) is 0 Å². The van der Waals surface area contributed by atoms with Crippen molar-refractivity contribution in [2.75, 3.05) is 0 Å². The maximum absolute atomic E-state index is 4.54. The van der Waals surface area contributed by atoms with Crippen LogP contribution in [0, 0.1) is 6.92 Å². The maximum atomic E-state index is 4.54. The summed E-state index contributed by atoms with van der Waals surface area (Å²) in [5.74, 6) is 0. The number of aryl methyl sites for hydroxylation is 1. The van der Waals surface area contributed by atoms with Crippen molar-refractivity contribution in [2.45, 2.75) is 6.92 Å². The summed E-state index contributed by atoms with van der Waals surface area (Å²) < 4.78 is 2.01. The highest BCUT2D eigenvalue weighted by Gasteiger charge is 2.04. The van der Waals surface area contributed by atoms with Crippen molar-refractivity contribution in [1.82, 2.24) is 14.4 Å². The number of fused-ring (bicyclic) bond motifs is 1. The van der Waals surface area contributed by atoms with E-state index in [-0.39, 0.29) is 0 Å². The predicted octanol–water partition coefficient (Wildman–Crippen LogP) is 2.70. The van der Waals surface area contributed by atoms with Crippen LogP contribution < -0.4 is 0 Å². The van der Waals surface area contributed by atoms with E-state index in [1.807, 2.05) is 35.0 Å². The lowest BCUT2D eigenvalue weighted by Gasteiger charge is -1.92. The van der Waals surface area contributed by atoms with Gasteiger partial charge in [0.15, 0.2) is 0 Å². The average molecular weight is 209 g/mol. The number of rotatable bonds is 1. The van der Waals surface area contributed by atoms with Crippen LogP contribution in [0.15, 0.2) is 48.9 Å². The largest absolute Gasteiger partial charge is 0.306 e. The van der Waals surface area contributed by atoms with E-state index in [2.05, 4.69) is 29.0 Å². The van der Waals surface area contributed by atoms with Gasteiger partial charge in [-0.05, 0) is 36.8 Å². The molecule has 0 unspecified atom stereocenters. The third-order valence-electron chi connectivity index (χ3n) is 2.54. The van der Waals surface area contributed by atoms with E-state index in [9.17, 15) is 0 Å². The second-order valence-corrected chi connectivity index (χ2v) is 3.81. The number of pyridine rings is 2. The van der Waals surface area contributed by atoms with Crippen molar-refractivity contribution in [3.05, 3.63) is 54.5 Å². The number of hydrogen-bond donors (Lipinski definition) is 0. The predicted molar refractivity (Wildman–Crippen MR) is 63.2 cm³/mol. The molecule has 3 aromatic heterocycles. The second kappa shape index (κ2) is 3.45. The highest BCUT2D eigenvalue weighted by molar-refractivity contribution is 5.58. The molecule has 0 amide bonds. The fraction of sp³-hybridized carbons (Fsp3) is 0.0769. The van der Waals surface area contributed by atoms with Crippen molar-refractivity contribution in [2.24, 2.45) is 0 Å². The first-order valence-electron chi connectivity index (χ1n) is 5.20. The molecule has 0 aromatic carbocycles. The molecule has 3 heteroatoms. The van der Waals surface area contributed by atoms with Crippen LogP contribution in [-0.2, 0) is 0 Å². The minimum absolute atomic E-state index is 0.906. The van der Waals surface area contributed by atoms with Crippen LogP contribution in [0.4, 0.5) is 0 Å². The molecule has 0 saturated carbocycles. The maximum Gasteiger partial charge on any atom is 0.137 e. The molecule has 0 N–H and O–H groups in total. The molecule has 0 fully saturated rings. The van der Waals surface area contributed by atoms with Crippen molar-refractivity contribution < 1.29 is 0 Å². The molecule has 0 aliphatic carbocycles. The summed E-state index contributed by atoms with van der Waals surface area (Å²) in [6.07, 6.45) is 5.80. The Hall–Kier alpha value is -2.16. The van der Waals surface area contributed by atoms with E-state index in [1.54, 1.807) is 6.20 Å². The van der Waals surface area contributed by atoms with Crippen LogP contribution >= 0.6 is 0 Å².